The summed E-state index contributed by atoms with van der Waals surface area (Å²) in [5.74, 6) is -2.66. The highest BCUT2D eigenvalue weighted by Gasteiger charge is 2.28. The summed E-state index contributed by atoms with van der Waals surface area (Å²) in [5.41, 5.74) is 19.7. The summed E-state index contributed by atoms with van der Waals surface area (Å²) in [6.07, 6.45) is 4.44. The highest BCUT2D eigenvalue weighted by molar-refractivity contribution is 5.94. The molecule has 4 amide bonds. The molecule has 2 atom stereocenters. The molecule has 0 spiro atoms. The Balaban J connectivity index is 4.25. The van der Waals surface area contributed by atoms with Crippen LogP contribution in [0.5, 0.6) is 0 Å². The number of nitrogens with one attached hydrogen (secondary N) is 8. The number of carbonyl (C=O) groups is 6. The molecule has 0 aromatic rings. The van der Waals surface area contributed by atoms with E-state index in [1.54, 1.807) is 0 Å². The van der Waals surface area contributed by atoms with Crippen LogP contribution in [0.3, 0.4) is 0 Å². The van der Waals surface area contributed by atoms with Gasteiger partial charge in [0.15, 0.2) is 5.78 Å². The number of carbonyl (C=O) groups excluding carboxylic acids is 6. The van der Waals surface area contributed by atoms with E-state index in [2.05, 4.69) is 59.5 Å². The van der Waals surface area contributed by atoms with Crippen LogP contribution < -0.4 is 54.0 Å². The molecule has 0 aromatic heterocycles. The largest absolute Gasteiger partial charge is 0.381 e. The minimum atomic E-state index is -1.11. The average molecular weight is 798 g/mol. The topological polar surface area (TPSA) is 309 Å². The highest BCUT2D eigenvalue weighted by Crippen LogP contribution is 2.13. The third-order valence-corrected chi connectivity index (χ3v) is 8.32. The lowest BCUT2D eigenvalue weighted by atomic mass is 9.93. The number of amides is 4. The van der Waals surface area contributed by atoms with Crippen LogP contribution in [0, 0.1) is 5.92 Å². The van der Waals surface area contributed by atoms with Crippen LogP contribution in [-0.4, -0.2) is 146 Å². The average Bonchev–Trinajstić information content (AvgIpc) is 3.17. The lowest BCUT2D eigenvalue weighted by molar-refractivity contribution is -0.134. The lowest BCUT2D eigenvalue weighted by Crippen LogP contribution is -2.43. The molecule has 0 aromatic carbocycles. The number of ketones is 2. The van der Waals surface area contributed by atoms with Crippen LogP contribution in [0.1, 0.15) is 77.6 Å². The second-order valence-electron chi connectivity index (χ2n) is 13.3. The number of nitrogens with two attached hydrogens (primary N) is 2. The summed E-state index contributed by atoms with van der Waals surface area (Å²) in [4.78, 5) is 77.6. The lowest BCUT2D eigenvalue weighted by Gasteiger charge is -2.18. The molecule has 0 bridgehead atoms. The van der Waals surface area contributed by atoms with Gasteiger partial charge in [0.2, 0.25) is 23.6 Å². The van der Waals surface area contributed by atoms with E-state index in [1.165, 1.54) is 0 Å². The van der Waals surface area contributed by atoms with E-state index in [0.717, 1.165) is 38.8 Å². The molecule has 20 heteroatoms. The molecule has 0 aliphatic rings. The zero-order chi connectivity index (χ0) is 41.5. The maximum atomic E-state index is 13.0. The molecular formula is C36H71N13O7. The van der Waals surface area contributed by atoms with Gasteiger partial charge >= 0.3 is 0 Å². The van der Waals surface area contributed by atoms with E-state index in [9.17, 15) is 28.8 Å². The van der Waals surface area contributed by atoms with Gasteiger partial charge in [-0.05, 0) is 18.4 Å². The van der Waals surface area contributed by atoms with Crippen molar-refractivity contribution >= 4 is 35.2 Å². The zero-order valence-electron chi connectivity index (χ0n) is 33.6. The predicted molar refractivity (Wildman–Crippen MR) is 215 cm³/mol. The Kier molecular flexibility index (Phi) is 35.6. The smallest absolute Gasteiger partial charge is 0.224 e. The standard InChI is InChI=1S/C36H71N13O7/c1-2-3-4-5-11-47-36(55)29(27-34(53)45-21-18-41-14-13-40-12-10-37)26-32(51)31(38)28-35(54)46-22-19-43-16-15-42-17-20-44-33(52)9-8-30(50)7-6-24-56-25-23-48-49-39/h29,31,40-43H,2-28,37-38H2,1H3,(H,44,52)(H,45,53)(H,46,54)(H,47,55). The Morgan fingerprint density at radius 3 is 1.79 bits per heavy atom. The molecule has 0 saturated heterocycles. The summed E-state index contributed by atoms with van der Waals surface area (Å²) < 4.78 is 5.25. The van der Waals surface area contributed by atoms with Crippen molar-refractivity contribution in [1.29, 1.82) is 0 Å². The summed E-state index contributed by atoms with van der Waals surface area (Å²) in [6, 6.07) is -1.11. The number of Topliss-reactive ketones (excluding diaryl/α,β-unsaturated/α-hetero) is 2. The van der Waals surface area contributed by atoms with Crippen molar-refractivity contribution in [2.75, 3.05) is 105 Å². The molecule has 0 saturated carbocycles. The molecule has 20 nitrogen and oxygen atoms in total. The first-order chi connectivity index (χ1) is 27.1. The molecule has 56 heavy (non-hydrogen) atoms. The number of ether oxygens (including phenoxy) is 1. The van der Waals surface area contributed by atoms with Gasteiger partial charge in [0.1, 0.15) is 5.78 Å². The first-order valence-electron chi connectivity index (χ1n) is 20.1. The summed E-state index contributed by atoms with van der Waals surface area (Å²) in [7, 11) is 0. The second-order valence-corrected chi connectivity index (χ2v) is 13.3. The van der Waals surface area contributed by atoms with Crippen molar-refractivity contribution in [2.45, 2.75) is 83.6 Å². The fraction of sp³-hybridized carbons (Fsp3) is 0.833. The SMILES string of the molecule is CCCCCCNC(=O)C(CC(=O)NCCNCCNCCN)CC(=O)C(N)CC(=O)NCCNCCNCCNC(=O)CCC(=O)CCCOCCN=[N+]=[N-]. The summed E-state index contributed by atoms with van der Waals surface area (Å²) >= 11 is 0. The Morgan fingerprint density at radius 2 is 1.20 bits per heavy atom. The number of azide groups is 1. The molecule has 0 aliphatic carbocycles. The molecular weight excluding hydrogens is 726 g/mol. The molecule has 0 rings (SSSR count). The monoisotopic (exact) mass is 798 g/mol. The fourth-order valence-corrected chi connectivity index (χ4v) is 5.16. The maximum Gasteiger partial charge on any atom is 0.224 e. The van der Waals surface area contributed by atoms with Gasteiger partial charge in [-0.15, -0.1) is 0 Å². The first kappa shape index (κ1) is 52.2. The minimum Gasteiger partial charge on any atom is -0.381 e. The van der Waals surface area contributed by atoms with Gasteiger partial charge in [0.05, 0.1) is 18.6 Å². The molecule has 0 fully saturated rings. The quantitative estimate of drug-likeness (QED) is 0.0146. The van der Waals surface area contributed by atoms with E-state index in [0.29, 0.717) is 98.0 Å². The third kappa shape index (κ3) is 33.6. The van der Waals surface area contributed by atoms with E-state index in [-0.39, 0.29) is 62.2 Å². The van der Waals surface area contributed by atoms with Crippen LogP contribution >= 0.6 is 0 Å². The number of hydrogen-bond donors (Lipinski definition) is 10. The molecule has 2 unspecified atom stereocenters. The normalized spacial score (nSPS) is 11.9. The fourth-order valence-electron chi connectivity index (χ4n) is 5.16. The number of rotatable bonds is 40. The van der Waals surface area contributed by atoms with Crippen LogP contribution in [0.4, 0.5) is 0 Å². The maximum absolute atomic E-state index is 13.0. The molecule has 322 valence electrons. The van der Waals surface area contributed by atoms with Crippen molar-refractivity contribution in [1.82, 2.24) is 42.5 Å². The van der Waals surface area contributed by atoms with Crippen LogP contribution in [0.25, 0.3) is 10.4 Å². The summed E-state index contributed by atoms with van der Waals surface area (Å²) in [6.45, 7) is 10.2. The number of hydrogen-bond acceptors (Lipinski definition) is 14. The summed E-state index contributed by atoms with van der Waals surface area (Å²) in [5, 5.41) is 27.2. The van der Waals surface area contributed by atoms with Crippen LogP contribution in [0.15, 0.2) is 5.11 Å². The Hall–Kier alpha value is -3.75. The number of unbranched alkanes of at least 4 members (excludes halogenated alkanes) is 3. The van der Waals surface area contributed by atoms with E-state index in [1.807, 2.05) is 0 Å². The zero-order valence-corrected chi connectivity index (χ0v) is 33.6. The predicted octanol–water partition coefficient (Wildman–Crippen LogP) is -1.51. The Morgan fingerprint density at radius 1 is 0.625 bits per heavy atom. The molecule has 0 radical (unpaired) electrons. The Labute approximate surface area is 332 Å². The van der Waals surface area contributed by atoms with Gasteiger partial charge in [0.25, 0.3) is 0 Å². The van der Waals surface area contributed by atoms with Crippen molar-refractivity contribution in [2.24, 2.45) is 22.5 Å². The van der Waals surface area contributed by atoms with Crippen molar-refractivity contribution in [3.05, 3.63) is 10.4 Å². The van der Waals surface area contributed by atoms with E-state index >= 15 is 0 Å². The van der Waals surface area contributed by atoms with Crippen molar-refractivity contribution in [3.63, 3.8) is 0 Å². The highest BCUT2D eigenvalue weighted by atomic mass is 16.5. The minimum absolute atomic E-state index is 0.00469. The van der Waals surface area contributed by atoms with Gasteiger partial charge < -0.3 is 58.7 Å². The third-order valence-electron chi connectivity index (χ3n) is 8.32. The van der Waals surface area contributed by atoms with Gasteiger partial charge in [0, 0.05) is 142 Å². The molecule has 12 N–H and O–H groups in total. The Bertz CT molecular complexity index is 1140. The van der Waals surface area contributed by atoms with Crippen LogP contribution in [0.2, 0.25) is 0 Å². The second kappa shape index (κ2) is 38.1. The van der Waals surface area contributed by atoms with Gasteiger partial charge in [-0.25, -0.2) is 0 Å². The molecule has 0 aliphatic heterocycles. The first-order valence-corrected chi connectivity index (χ1v) is 20.1. The van der Waals surface area contributed by atoms with E-state index < -0.39 is 23.7 Å². The van der Waals surface area contributed by atoms with E-state index in [4.69, 9.17) is 21.7 Å². The van der Waals surface area contributed by atoms with Crippen LogP contribution in [-0.2, 0) is 33.5 Å². The van der Waals surface area contributed by atoms with Crippen molar-refractivity contribution < 1.29 is 33.5 Å². The molecule has 0 heterocycles. The van der Waals surface area contributed by atoms with Gasteiger partial charge in [-0.1, -0.05) is 31.3 Å². The van der Waals surface area contributed by atoms with Gasteiger partial charge in [-0.2, -0.15) is 0 Å². The van der Waals surface area contributed by atoms with Gasteiger partial charge in [-0.3, -0.25) is 28.8 Å². The number of nitrogens with zero attached hydrogens (tertiary/aromatic N) is 3. The van der Waals surface area contributed by atoms with Crippen molar-refractivity contribution in [3.8, 4) is 0 Å².